The highest BCUT2D eigenvalue weighted by molar-refractivity contribution is 8.03. The number of nitrogens with one attached hydrogen (secondary N) is 3. The molecule has 6 nitrogen and oxygen atoms in total. The maximum atomic E-state index is 4.79. The number of thioether (sulfide) groups is 1. The SMILES string of the molecule is Cc1cc(NC2CCCNC2)nc(N[C@@H]2SC=CN2c2ccncc2)c1. The van der Waals surface area contributed by atoms with Crippen LogP contribution < -0.4 is 20.9 Å². The van der Waals surface area contributed by atoms with Crippen LogP contribution in [0.4, 0.5) is 17.3 Å². The Morgan fingerprint density at radius 1 is 1.19 bits per heavy atom. The van der Waals surface area contributed by atoms with Crippen molar-refractivity contribution >= 4 is 29.1 Å². The summed E-state index contributed by atoms with van der Waals surface area (Å²) in [5.74, 6) is 1.82. The number of hydrogen-bond donors (Lipinski definition) is 3. The molecule has 4 heterocycles. The summed E-state index contributed by atoms with van der Waals surface area (Å²) in [7, 11) is 0. The Morgan fingerprint density at radius 2 is 2.00 bits per heavy atom. The largest absolute Gasteiger partial charge is 0.366 e. The van der Waals surface area contributed by atoms with Crippen molar-refractivity contribution in [1.82, 2.24) is 15.3 Å². The van der Waals surface area contributed by atoms with Crippen LogP contribution in [0.15, 0.2) is 48.3 Å². The first-order valence-corrected chi connectivity index (χ1v) is 9.95. The van der Waals surface area contributed by atoms with E-state index in [1.165, 1.54) is 18.4 Å². The van der Waals surface area contributed by atoms with E-state index in [2.05, 4.69) is 56.5 Å². The molecule has 2 aromatic heterocycles. The molecule has 26 heavy (non-hydrogen) atoms. The highest BCUT2D eigenvalue weighted by Crippen LogP contribution is 2.31. The van der Waals surface area contributed by atoms with Crippen LogP contribution in [-0.2, 0) is 0 Å². The van der Waals surface area contributed by atoms with Crippen molar-refractivity contribution in [3.63, 3.8) is 0 Å². The van der Waals surface area contributed by atoms with Crippen molar-refractivity contribution in [3.05, 3.63) is 53.8 Å². The van der Waals surface area contributed by atoms with Crippen molar-refractivity contribution in [2.24, 2.45) is 0 Å². The molecule has 0 radical (unpaired) electrons. The lowest BCUT2D eigenvalue weighted by atomic mass is 10.1. The Balaban J connectivity index is 1.47. The van der Waals surface area contributed by atoms with Crippen molar-refractivity contribution in [1.29, 1.82) is 0 Å². The number of nitrogens with zero attached hydrogens (tertiary/aromatic N) is 3. The Morgan fingerprint density at radius 3 is 2.77 bits per heavy atom. The predicted molar refractivity (Wildman–Crippen MR) is 109 cm³/mol. The maximum Gasteiger partial charge on any atom is 0.157 e. The van der Waals surface area contributed by atoms with Gasteiger partial charge in [0.05, 0.1) is 0 Å². The van der Waals surface area contributed by atoms with Crippen LogP contribution in [-0.4, -0.2) is 34.6 Å². The average Bonchev–Trinajstić information content (AvgIpc) is 3.11. The van der Waals surface area contributed by atoms with Crippen molar-refractivity contribution in [3.8, 4) is 0 Å². The summed E-state index contributed by atoms with van der Waals surface area (Å²) in [6.45, 7) is 4.22. The minimum Gasteiger partial charge on any atom is -0.366 e. The number of anilines is 3. The second kappa shape index (κ2) is 7.97. The molecule has 0 saturated carbocycles. The van der Waals surface area contributed by atoms with Crippen LogP contribution in [0.2, 0.25) is 0 Å². The van der Waals surface area contributed by atoms with E-state index in [0.717, 1.165) is 30.4 Å². The molecule has 2 aliphatic rings. The lowest BCUT2D eigenvalue weighted by molar-refractivity contribution is 0.479. The normalized spacial score (nSPS) is 22.4. The van der Waals surface area contributed by atoms with Gasteiger partial charge in [-0.2, -0.15) is 0 Å². The van der Waals surface area contributed by atoms with Crippen LogP contribution in [0.1, 0.15) is 18.4 Å². The van der Waals surface area contributed by atoms with Gasteiger partial charge in [-0.25, -0.2) is 4.98 Å². The Hall–Kier alpha value is -2.25. The van der Waals surface area contributed by atoms with Crippen LogP contribution in [0.5, 0.6) is 0 Å². The predicted octanol–water partition coefficient (Wildman–Crippen LogP) is 3.37. The molecule has 0 aliphatic carbocycles. The molecule has 1 saturated heterocycles. The standard InChI is InChI=1S/C19H24N6S/c1-14-11-17(22-15-3-2-6-21-13-15)23-18(12-14)24-19-25(9-10-26-19)16-4-7-20-8-5-16/h4-5,7-12,15,19,21H,2-3,6,13H2,1H3,(H2,22,23,24)/t15?,19-/m0/s1. The molecule has 136 valence electrons. The van der Waals surface area contributed by atoms with E-state index in [9.17, 15) is 0 Å². The second-order valence-electron chi connectivity index (χ2n) is 6.63. The van der Waals surface area contributed by atoms with E-state index >= 15 is 0 Å². The van der Waals surface area contributed by atoms with Crippen LogP contribution in [0.25, 0.3) is 0 Å². The molecule has 0 amide bonds. The lowest BCUT2D eigenvalue weighted by Gasteiger charge is -2.27. The van der Waals surface area contributed by atoms with Crippen LogP contribution in [0, 0.1) is 6.92 Å². The van der Waals surface area contributed by atoms with Crippen molar-refractivity contribution in [2.75, 3.05) is 28.6 Å². The fourth-order valence-electron chi connectivity index (χ4n) is 3.29. The molecule has 4 rings (SSSR count). The fraction of sp³-hybridized carbons (Fsp3) is 0.368. The minimum absolute atomic E-state index is 0.0795. The van der Waals surface area contributed by atoms with Gasteiger partial charge in [-0.15, -0.1) is 0 Å². The molecule has 2 atom stereocenters. The third kappa shape index (κ3) is 4.11. The van der Waals surface area contributed by atoms with Gasteiger partial charge in [0.2, 0.25) is 0 Å². The van der Waals surface area contributed by atoms with Gasteiger partial charge >= 0.3 is 0 Å². The zero-order chi connectivity index (χ0) is 17.8. The van der Waals surface area contributed by atoms with Gasteiger partial charge in [0.25, 0.3) is 0 Å². The number of piperidine rings is 1. The maximum absolute atomic E-state index is 4.79. The minimum atomic E-state index is 0.0795. The molecule has 2 aromatic rings. The van der Waals surface area contributed by atoms with E-state index < -0.39 is 0 Å². The first-order chi connectivity index (χ1) is 12.8. The molecule has 1 fully saturated rings. The summed E-state index contributed by atoms with van der Waals surface area (Å²) in [5.41, 5.74) is 2.38. The van der Waals surface area contributed by atoms with E-state index in [0.29, 0.717) is 6.04 Å². The van der Waals surface area contributed by atoms with Crippen LogP contribution in [0.3, 0.4) is 0 Å². The summed E-state index contributed by atoms with van der Waals surface area (Å²) in [6, 6.07) is 8.67. The number of pyridine rings is 2. The van der Waals surface area contributed by atoms with E-state index in [-0.39, 0.29) is 5.50 Å². The third-order valence-electron chi connectivity index (χ3n) is 4.53. The third-order valence-corrected chi connectivity index (χ3v) is 5.41. The zero-order valence-electron chi connectivity index (χ0n) is 14.9. The molecule has 3 N–H and O–H groups in total. The highest BCUT2D eigenvalue weighted by Gasteiger charge is 2.22. The molecule has 0 bridgehead atoms. The van der Waals surface area contributed by atoms with Gasteiger partial charge in [-0.3, -0.25) is 4.98 Å². The van der Waals surface area contributed by atoms with E-state index in [1.807, 2.05) is 24.5 Å². The number of rotatable bonds is 5. The Bertz CT molecular complexity index is 760. The molecule has 0 aromatic carbocycles. The first-order valence-electron chi connectivity index (χ1n) is 9.01. The summed E-state index contributed by atoms with van der Waals surface area (Å²) in [5, 5.41) is 12.7. The fourth-order valence-corrected chi connectivity index (χ4v) is 4.15. The Labute approximate surface area is 158 Å². The summed E-state index contributed by atoms with van der Waals surface area (Å²) in [6.07, 6.45) is 8.10. The lowest BCUT2D eigenvalue weighted by Crippen LogP contribution is -2.38. The number of aromatic nitrogens is 2. The van der Waals surface area contributed by atoms with E-state index in [4.69, 9.17) is 4.98 Å². The van der Waals surface area contributed by atoms with Gasteiger partial charge < -0.3 is 20.9 Å². The summed E-state index contributed by atoms with van der Waals surface area (Å²) in [4.78, 5) is 11.1. The average molecular weight is 369 g/mol. The Kier molecular flexibility index (Phi) is 5.26. The van der Waals surface area contributed by atoms with Crippen LogP contribution >= 0.6 is 11.8 Å². The monoisotopic (exact) mass is 368 g/mol. The van der Waals surface area contributed by atoms with Crippen molar-refractivity contribution < 1.29 is 0 Å². The molecular weight excluding hydrogens is 344 g/mol. The topological polar surface area (TPSA) is 65.1 Å². The zero-order valence-corrected chi connectivity index (χ0v) is 15.7. The summed E-state index contributed by atoms with van der Waals surface area (Å²) < 4.78 is 0. The molecular formula is C19H24N6S. The van der Waals surface area contributed by atoms with Gasteiger partial charge in [0.15, 0.2) is 5.50 Å². The first kappa shape index (κ1) is 17.2. The van der Waals surface area contributed by atoms with Crippen molar-refractivity contribution in [2.45, 2.75) is 31.3 Å². The molecule has 1 unspecified atom stereocenters. The van der Waals surface area contributed by atoms with E-state index in [1.54, 1.807) is 11.8 Å². The van der Waals surface area contributed by atoms with Gasteiger partial charge in [-0.05, 0) is 61.5 Å². The molecule has 0 spiro atoms. The highest BCUT2D eigenvalue weighted by atomic mass is 32.2. The quantitative estimate of drug-likeness (QED) is 0.748. The van der Waals surface area contributed by atoms with Gasteiger partial charge in [-0.1, -0.05) is 11.8 Å². The second-order valence-corrected chi connectivity index (χ2v) is 7.62. The van der Waals surface area contributed by atoms with Gasteiger partial charge in [0.1, 0.15) is 11.6 Å². The number of hydrogen-bond acceptors (Lipinski definition) is 7. The molecule has 2 aliphatic heterocycles. The smallest absolute Gasteiger partial charge is 0.157 e. The van der Waals surface area contributed by atoms with Gasteiger partial charge in [0, 0.05) is 36.9 Å². The molecule has 7 heteroatoms. The summed E-state index contributed by atoms with van der Waals surface area (Å²) >= 11 is 1.73. The number of aryl methyl sites for hydroxylation is 1.